The van der Waals surface area contributed by atoms with Crippen molar-refractivity contribution in [1.29, 1.82) is 0 Å². The maximum Gasteiger partial charge on any atom is 0.307 e. The van der Waals surface area contributed by atoms with Gasteiger partial charge in [0.05, 0.1) is 0 Å². The molecular formula is C28H44O2. The molecule has 0 aliphatic rings. The Morgan fingerprint density at radius 2 is 1.43 bits per heavy atom. The molecule has 0 bridgehead atoms. The van der Waals surface area contributed by atoms with Gasteiger partial charge < -0.3 is 4.74 Å². The minimum absolute atomic E-state index is 0.253. The Kier molecular flexibility index (Phi) is 10.1. The second-order valence-electron chi connectivity index (χ2n) is 9.84. The van der Waals surface area contributed by atoms with Crippen LogP contribution in [-0.2, 0) is 9.53 Å². The first-order chi connectivity index (χ1) is 13.9. The van der Waals surface area contributed by atoms with Crippen molar-refractivity contribution in [2.75, 3.05) is 0 Å². The molecule has 0 amide bonds. The summed E-state index contributed by atoms with van der Waals surface area (Å²) >= 11 is 0. The minimum atomic E-state index is -0.253. The fourth-order valence-corrected chi connectivity index (χ4v) is 4.31. The highest BCUT2D eigenvalue weighted by Gasteiger charge is 2.28. The highest BCUT2D eigenvalue weighted by atomic mass is 16.5. The Balaban J connectivity index is 3.58. The molecule has 1 aromatic carbocycles. The molecule has 0 fully saturated rings. The third kappa shape index (κ3) is 7.15. The normalized spacial score (nSPS) is 14.4. The lowest BCUT2D eigenvalue weighted by Crippen LogP contribution is -2.18. The molecule has 0 heterocycles. The first kappa shape index (κ1) is 26.2. The number of carbonyl (C=O) groups excluding carboxylic acids is 1. The predicted molar refractivity (Wildman–Crippen MR) is 130 cm³/mol. The van der Waals surface area contributed by atoms with Gasteiger partial charge in [0.2, 0.25) is 0 Å². The summed E-state index contributed by atoms with van der Waals surface area (Å²) in [6.07, 6.45) is 3.58. The van der Waals surface area contributed by atoms with Crippen LogP contribution < -0.4 is 0 Å². The van der Waals surface area contributed by atoms with Crippen molar-refractivity contribution in [3.05, 3.63) is 58.4 Å². The van der Waals surface area contributed by atoms with Crippen LogP contribution in [-0.4, -0.2) is 5.97 Å². The fraction of sp³-hybridized carbons (Fsp3) is 0.607. The van der Waals surface area contributed by atoms with E-state index in [1.807, 2.05) is 13.0 Å². The van der Waals surface area contributed by atoms with E-state index >= 15 is 0 Å². The third-order valence-electron chi connectivity index (χ3n) is 6.01. The lowest BCUT2D eigenvalue weighted by atomic mass is 9.73. The van der Waals surface area contributed by atoms with E-state index in [9.17, 15) is 4.79 Å². The zero-order valence-electron chi connectivity index (χ0n) is 21.1. The van der Waals surface area contributed by atoms with E-state index in [0.717, 1.165) is 18.6 Å². The lowest BCUT2D eigenvalue weighted by molar-refractivity contribution is -0.137. The number of esters is 1. The second kappa shape index (κ2) is 11.5. The van der Waals surface area contributed by atoms with Crippen LogP contribution in [0.2, 0.25) is 0 Å². The van der Waals surface area contributed by atoms with Crippen LogP contribution in [0.15, 0.2) is 36.1 Å². The van der Waals surface area contributed by atoms with Crippen molar-refractivity contribution in [3.63, 3.8) is 0 Å². The molecule has 2 heteroatoms. The van der Waals surface area contributed by atoms with Crippen molar-refractivity contribution in [2.24, 2.45) is 5.92 Å². The Bertz CT molecular complexity index is 736. The van der Waals surface area contributed by atoms with Gasteiger partial charge >= 0.3 is 5.97 Å². The van der Waals surface area contributed by atoms with Gasteiger partial charge in [0.15, 0.2) is 0 Å². The number of hydrogen-bond acceptors (Lipinski definition) is 2. The SMILES string of the molecule is C=C(C)C[C@H](C/C(=C/C)OC(C)=O)[C@@H](C)c1c(C(C)C)cc(C(C)C)cc1C(C)C. The van der Waals surface area contributed by atoms with Crippen LogP contribution in [0, 0.1) is 5.92 Å². The summed E-state index contributed by atoms with van der Waals surface area (Å²) in [5.74, 6) is 2.59. The van der Waals surface area contributed by atoms with Crippen molar-refractivity contribution in [1.82, 2.24) is 0 Å². The monoisotopic (exact) mass is 412 g/mol. The van der Waals surface area contributed by atoms with Gasteiger partial charge in [0.1, 0.15) is 5.76 Å². The first-order valence-electron chi connectivity index (χ1n) is 11.5. The highest BCUT2D eigenvalue weighted by molar-refractivity contribution is 5.67. The van der Waals surface area contributed by atoms with Crippen molar-refractivity contribution in [3.8, 4) is 0 Å². The van der Waals surface area contributed by atoms with Gasteiger partial charge in [-0.15, -0.1) is 6.58 Å². The molecule has 0 unspecified atom stereocenters. The molecule has 0 N–H and O–H groups in total. The van der Waals surface area contributed by atoms with Crippen LogP contribution in [0.1, 0.15) is 128 Å². The maximum atomic E-state index is 11.6. The van der Waals surface area contributed by atoms with Crippen LogP contribution in [0.25, 0.3) is 0 Å². The molecule has 168 valence electrons. The van der Waals surface area contributed by atoms with E-state index in [0.29, 0.717) is 29.6 Å². The molecule has 0 saturated carbocycles. The summed E-state index contributed by atoms with van der Waals surface area (Å²) < 4.78 is 5.50. The van der Waals surface area contributed by atoms with E-state index < -0.39 is 0 Å². The molecule has 0 aromatic heterocycles. The van der Waals surface area contributed by atoms with E-state index in [4.69, 9.17) is 4.74 Å². The predicted octanol–water partition coefficient (Wildman–Crippen LogP) is 8.60. The number of benzene rings is 1. The number of ether oxygens (including phenoxy) is 1. The molecule has 2 atom stereocenters. The summed E-state index contributed by atoms with van der Waals surface area (Å²) in [5.41, 5.74) is 6.98. The van der Waals surface area contributed by atoms with Crippen molar-refractivity contribution < 1.29 is 9.53 Å². The van der Waals surface area contributed by atoms with Crippen LogP contribution in [0.3, 0.4) is 0 Å². The van der Waals surface area contributed by atoms with Crippen molar-refractivity contribution >= 4 is 5.97 Å². The quantitative estimate of drug-likeness (QED) is 0.218. The van der Waals surface area contributed by atoms with Gasteiger partial charge in [-0.25, -0.2) is 0 Å². The van der Waals surface area contributed by atoms with Gasteiger partial charge in [-0.3, -0.25) is 4.79 Å². The Morgan fingerprint density at radius 1 is 0.933 bits per heavy atom. The number of carbonyl (C=O) groups is 1. The lowest BCUT2D eigenvalue weighted by Gasteiger charge is -2.32. The number of hydrogen-bond donors (Lipinski definition) is 0. The molecule has 30 heavy (non-hydrogen) atoms. The van der Waals surface area contributed by atoms with Gasteiger partial charge in [0, 0.05) is 13.3 Å². The topological polar surface area (TPSA) is 26.3 Å². The highest BCUT2D eigenvalue weighted by Crippen LogP contribution is 2.42. The molecule has 0 saturated heterocycles. The summed E-state index contributed by atoms with van der Waals surface area (Å²) in [4.78, 5) is 11.6. The van der Waals surface area contributed by atoms with E-state index in [2.05, 4.69) is 74.1 Å². The Hall–Kier alpha value is -1.83. The fourth-order valence-electron chi connectivity index (χ4n) is 4.31. The minimum Gasteiger partial charge on any atom is -0.432 e. The second-order valence-corrected chi connectivity index (χ2v) is 9.84. The van der Waals surface area contributed by atoms with Crippen molar-refractivity contribution in [2.45, 2.75) is 106 Å². The average molecular weight is 413 g/mol. The van der Waals surface area contributed by atoms with Gasteiger partial charge in [-0.2, -0.15) is 0 Å². The van der Waals surface area contributed by atoms with E-state index in [1.165, 1.54) is 34.8 Å². The number of rotatable bonds is 10. The van der Waals surface area contributed by atoms with Gasteiger partial charge in [0.25, 0.3) is 0 Å². The summed E-state index contributed by atoms with van der Waals surface area (Å²) in [6, 6.07) is 4.85. The first-order valence-corrected chi connectivity index (χ1v) is 11.5. The van der Waals surface area contributed by atoms with E-state index in [-0.39, 0.29) is 5.97 Å². The Labute approximate surface area is 185 Å². The standard InChI is InChI=1S/C28H44O2/c1-12-25(30-22(11)29)14-24(13-17(2)3)21(10)28-26(19(6)7)15-23(18(4)5)16-27(28)20(8)9/h12,15-16,18-21,24H,2,13-14H2,1,3-11H3/b25-12-/t21-,24-/m1/s1. The molecule has 0 aliphatic heterocycles. The molecule has 0 spiro atoms. The molecule has 1 aromatic rings. The molecule has 2 nitrogen and oxygen atoms in total. The molecular weight excluding hydrogens is 368 g/mol. The summed E-state index contributed by atoms with van der Waals surface area (Å²) in [6.45, 7) is 25.8. The smallest absolute Gasteiger partial charge is 0.307 e. The molecule has 0 radical (unpaired) electrons. The zero-order chi connectivity index (χ0) is 23.2. The van der Waals surface area contributed by atoms with Crippen LogP contribution in [0.4, 0.5) is 0 Å². The Morgan fingerprint density at radius 3 is 1.77 bits per heavy atom. The zero-order valence-corrected chi connectivity index (χ0v) is 21.1. The van der Waals surface area contributed by atoms with E-state index in [1.54, 1.807) is 0 Å². The molecule has 0 aliphatic carbocycles. The molecule has 1 rings (SSSR count). The average Bonchev–Trinajstić information content (AvgIpc) is 2.64. The third-order valence-corrected chi connectivity index (χ3v) is 6.01. The van der Waals surface area contributed by atoms with Gasteiger partial charge in [-0.1, -0.05) is 66.2 Å². The maximum absolute atomic E-state index is 11.6. The van der Waals surface area contributed by atoms with Crippen LogP contribution >= 0.6 is 0 Å². The van der Waals surface area contributed by atoms with Crippen LogP contribution in [0.5, 0.6) is 0 Å². The largest absolute Gasteiger partial charge is 0.432 e. The van der Waals surface area contributed by atoms with Gasteiger partial charge in [-0.05, 0) is 78.2 Å². The number of allylic oxidation sites excluding steroid dienone is 3. The summed E-state index contributed by atoms with van der Waals surface area (Å²) in [7, 11) is 0. The summed E-state index contributed by atoms with van der Waals surface area (Å²) in [5, 5.41) is 0.